The second kappa shape index (κ2) is 17.4. The molecule has 384 valence electrons. The van der Waals surface area contributed by atoms with Crippen LogP contribution in [0.15, 0.2) is 176 Å². The molecule has 76 heavy (non-hydrogen) atoms. The van der Waals surface area contributed by atoms with E-state index in [0.29, 0.717) is 0 Å². The zero-order chi connectivity index (χ0) is 53.5. The van der Waals surface area contributed by atoms with Crippen LogP contribution in [0.5, 0.6) is 0 Å². The maximum Gasteiger partial charge on any atom is 0.180 e. The maximum atomic E-state index is 18.1. The summed E-state index contributed by atoms with van der Waals surface area (Å²) in [5.74, 6) is 0. The second-order valence-electron chi connectivity index (χ2n) is 26.1. The first-order valence-electron chi connectivity index (χ1n) is 27.3. The molecule has 2 aliphatic heterocycles. The number of hydrogen-bond acceptors (Lipinski definition) is 5. The van der Waals surface area contributed by atoms with E-state index in [0.717, 1.165) is 95.8 Å². The fourth-order valence-corrected chi connectivity index (χ4v) is 17.4. The SMILES string of the molecule is CC(C)(C)c1ccc(-c2ccccc2N(c2ccccc2)c2ccc3c(c2)N(c2ccc(C(C)(C)C)cc2)c2cccc4c2P3(=O)c2c(sc3cc5c(cc23)C(C)(C)CCC5(C)C)N4c2ccc(C(C)(C)C)cc2)cc1. The summed E-state index contributed by atoms with van der Waals surface area (Å²) in [6.07, 6.45) is 2.22. The van der Waals surface area contributed by atoms with Crippen molar-refractivity contribution in [1.82, 2.24) is 0 Å². The fourth-order valence-electron chi connectivity index (χ4n) is 12.3. The molecule has 0 bridgehead atoms. The van der Waals surface area contributed by atoms with Crippen molar-refractivity contribution in [2.75, 3.05) is 14.7 Å². The molecule has 0 N–H and O–H groups in total. The Morgan fingerprint density at radius 2 is 1.00 bits per heavy atom. The van der Waals surface area contributed by atoms with Gasteiger partial charge in [-0.25, -0.2) is 0 Å². The van der Waals surface area contributed by atoms with E-state index in [9.17, 15) is 0 Å². The predicted molar refractivity (Wildman–Crippen MR) is 329 cm³/mol. The van der Waals surface area contributed by atoms with Gasteiger partial charge in [-0.3, -0.25) is 0 Å². The Balaban J connectivity index is 1.16. The van der Waals surface area contributed by atoms with Crippen LogP contribution in [0.4, 0.5) is 50.5 Å². The van der Waals surface area contributed by atoms with Crippen LogP contribution >= 0.6 is 18.5 Å². The topological polar surface area (TPSA) is 26.8 Å². The maximum absolute atomic E-state index is 18.1. The third-order valence-electron chi connectivity index (χ3n) is 16.9. The first-order chi connectivity index (χ1) is 35.9. The van der Waals surface area contributed by atoms with Crippen molar-refractivity contribution < 1.29 is 4.57 Å². The van der Waals surface area contributed by atoms with Crippen LogP contribution in [0, 0.1) is 0 Å². The van der Waals surface area contributed by atoms with Crippen LogP contribution in [0.2, 0.25) is 0 Å². The number of rotatable bonds is 6. The third-order valence-corrected chi connectivity index (χ3v) is 21.4. The summed E-state index contributed by atoms with van der Waals surface area (Å²) in [7, 11) is -3.67. The number of thiophene rings is 1. The Bertz CT molecular complexity index is 3790. The quantitative estimate of drug-likeness (QED) is 0.155. The van der Waals surface area contributed by atoms with E-state index in [1.807, 2.05) is 11.3 Å². The molecular weight excluding hydrogens is 962 g/mol. The molecule has 3 aliphatic rings. The monoisotopic (exact) mass is 1030 g/mol. The Morgan fingerprint density at radius 1 is 0.487 bits per heavy atom. The molecule has 8 aromatic carbocycles. The zero-order valence-corrected chi connectivity index (χ0v) is 48.5. The summed E-state index contributed by atoms with van der Waals surface area (Å²) in [4.78, 5) is 7.24. The van der Waals surface area contributed by atoms with Gasteiger partial charge in [0.05, 0.1) is 33.4 Å². The first-order valence-corrected chi connectivity index (χ1v) is 29.8. The lowest BCUT2D eigenvalue weighted by atomic mass is 9.63. The van der Waals surface area contributed by atoms with Crippen LogP contribution in [0.1, 0.15) is 131 Å². The molecule has 1 atom stereocenters. The van der Waals surface area contributed by atoms with Crippen molar-refractivity contribution in [1.29, 1.82) is 0 Å². The number of anilines is 9. The van der Waals surface area contributed by atoms with Crippen LogP contribution in [0.3, 0.4) is 0 Å². The molecule has 0 radical (unpaired) electrons. The van der Waals surface area contributed by atoms with E-state index in [1.54, 1.807) is 0 Å². The van der Waals surface area contributed by atoms with Crippen molar-refractivity contribution in [2.24, 2.45) is 0 Å². The van der Waals surface area contributed by atoms with Gasteiger partial charge in [0.25, 0.3) is 0 Å². The van der Waals surface area contributed by atoms with E-state index in [-0.39, 0.29) is 27.1 Å². The highest BCUT2D eigenvalue weighted by atomic mass is 32.1. The number of benzene rings is 8. The van der Waals surface area contributed by atoms with Gasteiger partial charge >= 0.3 is 0 Å². The Labute approximate surface area is 456 Å². The van der Waals surface area contributed by atoms with Gasteiger partial charge in [-0.05, 0) is 158 Å². The van der Waals surface area contributed by atoms with Crippen molar-refractivity contribution in [3.8, 4) is 11.1 Å². The molecule has 9 aromatic rings. The minimum atomic E-state index is -3.67. The molecule has 1 aliphatic carbocycles. The molecule has 1 aromatic heterocycles. The third kappa shape index (κ3) is 8.01. The molecule has 0 spiro atoms. The van der Waals surface area contributed by atoms with Gasteiger partial charge in [0, 0.05) is 43.7 Å². The first kappa shape index (κ1) is 50.2. The summed E-state index contributed by atoms with van der Waals surface area (Å²) in [6, 6.07) is 65.2. The lowest BCUT2D eigenvalue weighted by Crippen LogP contribution is -2.42. The van der Waals surface area contributed by atoms with Gasteiger partial charge < -0.3 is 19.3 Å². The average molecular weight is 1030 g/mol. The van der Waals surface area contributed by atoms with Gasteiger partial charge in [0.15, 0.2) is 7.14 Å². The van der Waals surface area contributed by atoms with Crippen molar-refractivity contribution in [3.63, 3.8) is 0 Å². The summed E-state index contributed by atoms with van der Waals surface area (Å²) in [5.41, 5.74) is 16.9. The highest BCUT2D eigenvalue weighted by Crippen LogP contribution is 2.65. The largest absolute Gasteiger partial charge is 0.310 e. The van der Waals surface area contributed by atoms with Crippen LogP contribution < -0.4 is 30.6 Å². The van der Waals surface area contributed by atoms with E-state index in [1.165, 1.54) is 32.5 Å². The van der Waals surface area contributed by atoms with Gasteiger partial charge in [-0.15, -0.1) is 11.3 Å². The lowest BCUT2D eigenvalue weighted by Gasteiger charge is -2.44. The normalized spacial score (nSPS) is 17.4. The number of para-hydroxylation sites is 2. The number of nitrogens with zero attached hydrogens (tertiary/aromatic N) is 3. The van der Waals surface area contributed by atoms with E-state index < -0.39 is 7.14 Å². The molecule has 0 fully saturated rings. The van der Waals surface area contributed by atoms with Gasteiger partial charge in [0.1, 0.15) is 5.00 Å². The standard InChI is InChI=1S/C70H72N3OPS/c1-66(2,3)46-28-26-45(27-29-46)53-22-17-18-23-57(53)71(49-20-15-14-16-21-49)52-38-39-61-60(42-52)72(50-34-30-47(31-35-50)67(4,5)6)58-24-19-25-59-64(58)75(61,74)63-54-43-55-56(70(12,13)41-40-69(55,10)11)44-62(54)76-65(63)73(59)51-36-32-48(33-37-51)68(7,8)9/h14-39,42-44H,40-41H2,1-13H3. The molecule has 6 heteroatoms. The van der Waals surface area contributed by atoms with E-state index in [2.05, 4.69) is 281 Å². The summed E-state index contributed by atoms with van der Waals surface area (Å²) in [6.45, 7) is 30.1. The lowest BCUT2D eigenvalue weighted by molar-refractivity contribution is 0.332. The number of hydrogen-bond donors (Lipinski definition) is 0. The molecule has 0 amide bonds. The molecule has 3 heterocycles. The second-order valence-corrected chi connectivity index (χ2v) is 29.8. The fraction of sp³-hybridized carbons (Fsp3) is 0.286. The zero-order valence-electron chi connectivity index (χ0n) is 46.8. The summed E-state index contributed by atoms with van der Waals surface area (Å²) >= 11 is 1.81. The van der Waals surface area contributed by atoms with Gasteiger partial charge in [0.2, 0.25) is 0 Å². The van der Waals surface area contributed by atoms with Gasteiger partial charge in [-0.2, -0.15) is 0 Å². The predicted octanol–water partition coefficient (Wildman–Crippen LogP) is 19.5. The minimum Gasteiger partial charge on any atom is -0.310 e. The van der Waals surface area contributed by atoms with Crippen LogP contribution in [0.25, 0.3) is 21.2 Å². The van der Waals surface area contributed by atoms with E-state index in [4.69, 9.17) is 0 Å². The van der Waals surface area contributed by atoms with Gasteiger partial charge in [-0.1, -0.05) is 181 Å². The minimum absolute atomic E-state index is 0.00896. The Hall–Kier alpha value is -6.65. The Kier molecular flexibility index (Phi) is 11.5. The van der Waals surface area contributed by atoms with Crippen molar-refractivity contribution in [3.05, 3.63) is 204 Å². The van der Waals surface area contributed by atoms with Crippen molar-refractivity contribution in [2.45, 2.75) is 130 Å². The number of fused-ring (bicyclic) bond motifs is 7. The highest BCUT2D eigenvalue weighted by molar-refractivity contribution is 7.87. The molecule has 1 unspecified atom stereocenters. The highest BCUT2D eigenvalue weighted by Gasteiger charge is 2.51. The summed E-state index contributed by atoms with van der Waals surface area (Å²) < 4.78 is 19.3. The molecular formula is C70H72N3OPS. The smallest absolute Gasteiger partial charge is 0.180 e. The van der Waals surface area contributed by atoms with Crippen LogP contribution in [-0.4, -0.2) is 0 Å². The van der Waals surface area contributed by atoms with E-state index >= 15 is 4.57 Å². The van der Waals surface area contributed by atoms with Crippen LogP contribution in [-0.2, 0) is 31.6 Å². The molecule has 12 rings (SSSR count). The molecule has 0 saturated heterocycles. The Morgan fingerprint density at radius 3 is 1.58 bits per heavy atom. The molecule has 4 nitrogen and oxygen atoms in total. The molecule has 0 saturated carbocycles. The average Bonchev–Trinajstić information content (AvgIpc) is 3.95. The van der Waals surface area contributed by atoms with Crippen molar-refractivity contribution >= 4 is 95.0 Å². The summed E-state index contributed by atoms with van der Waals surface area (Å²) in [5, 5.41) is 4.86.